The van der Waals surface area contributed by atoms with Crippen molar-refractivity contribution in [1.29, 1.82) is 0 Å². The number of ketones is 1. The van der Waals surface area contributed by atoms with Crippen LogP contribution in [-0.2, 0) is 39.8 Å². The first-order chi connectivity index (χ1) is 30.0. The Bertz CT molecular complexity index is 1860. The monoisotopic (exact) mass is 926 g/mol. The van der Waals surface area contributed by atoms with E-state index in [4.69, 9.17) is 29.4 Å². The molecular formula is C45H73F2N7O9S. The average molecular weight is 926 g/mol. The SMILES string of the molecule is CC[C@H]1OC(=O)[C@@](C)(F)C(=O)[C@H](C)[C@@H](O[C@@H]2OC(C)CC(N(C)C)C2O)[C@](C)(OC)C[C@@H](C)CN(C)[C@H](C)[C@H]2N(CCCCn3cc(-c4cccc(N)c4)nn3)C(=O)O[C@]12C.CSF. The van der Waals surface area contributed by atoms with E-state index in [9.17, 15) is 23.4 Å². The number of nitrogen functional groups attached to an aromatic ring is 1. The van der Waals surface area contributed by atoms with E-state index >= 15 is 4.39 Å². The van der Waals surface area contributed by atoms with Crippen molar-refractivity contribution < 1.29 is 51.5 Å². The van der Waals surface area contributed by atoms with Gasteiger partial charge in [0.05, 0.1) is 30.0 Å². The Kier molecular flexibility index (Phi) is 18.6. The largest absolute Gasteiger partial charge is 0.455 e. The molecule has 16 nitrogen and oxygen atoms in total. The number of halogens is 2. The molecule has 0 aliphatic carbocycles. The Morgan fingerprint density at radius 3 is 2.36 bits per heavy atom. The number of esters is 1. The summed E-state index contributed by atoms with van der Waals surface area (Å²) in [5, 5.41) is 20.0. The second-order valence-electron chi connectivity index (χ2n) is 18.6. The van der Waals surface area contributed by atoms with Crippen LogP contribution in [0.2, 0.25) is 0 Å². The van der Waals surface area contributed by atoms with Crippen LogP contribution in [0, 0.1) is 11.8 Å². The number of aryl methyl sites for hydroxylation is 1. The summed E-state index contributed by atoms with van der Waals surface area (Å²) in [6, 6.07) is 6.14. The molecule has 0 spiro atoms. The van der Waals surface area contributed by atoms with Crippen molar-refractivity contribution in [3.63, 3.8) is 0 Å². The molecule has 3 fully saturated rings. The standard InChI is InChI=1S/C44H70FN7O9.CH3FS/c1-13-34-44(8)36(52(41(56)61-44)20-15-14-19-51-25-32(47-48-51)30-17-16-18-31(46)22-30)29(5)50(11)24-26(2)23-42(6,57-12)38(28(4)37(54)43(7,45)40(55)59-34)60-39-35(53)33(49(9)10)21-27(3)58-39;1-3-2/h16-18,22,25-29,33-36,38-39,53H,13-15,19-21,23-24,46H2,1-12H3;1H3/t26-,27?,28+,29-,33?,34-,35?,36-,38-,39+,42-,43+,44-;/m1./s1. The Morgan fingerprint density at radius 2 is 1.75 bits per heavy atom. The molecule has 1 amide bonds. The number of carbonyl (C=O) groups excluding carboxylic acids is 3. The number of benzene rings is 1. The Labute approximate surface area is 382 Å². The molecule has 5 rings (SSSR count). The van der Waals surface area contributed by atoms with E-state index < -0.39 is 71.3 Å². The summed E-state index contributed by atoms with van der Waals surface area (Å²) in [7, 11) is 7.19. The lowest BCUT2D eigenvalue weighted by molar-refractivity contribution is -0.295. The molecular weight excluding hydrogens is 853 g/mol. The number of ether oxygens (including phenoxy) is 5. The molecule has 3 aliphatic heterocycles. The number of fused-ring (bicyclic) bond motifs is 1. The number of likely N-dealkylation sites (N-methyl/N-ethyl adjacent to an activating group) is 2. The number of aliphatic hydroxyl groups excluding tert-OH is 1. The highest BCUT2D eigenvalue weighted by molar-refractivity contribution is 7.93. The van der Waals surface area contributed by atoms with Gasteiger partial charge in [0.15, 0.2) is 17.7 Å². The number of methoxy groups -OCH3 is 1. The predicted molar refractivity (Wildman–Crippen MR) is 242 cm³/mol. The lowest BCUT2D eigenvalue weighted by atomic mass is 9.77. The van der Waals surface area contributed by atoms with Crippen LogP contribution in [-0.4, -0.2) is 166 Å². The molecule has 4 heterocycles. The third-order valence-corrected chi connectivity index (χ3v) is 13.3. The van der Waals surface area contributed by atoms with E-state index in [0.29, 0.717) is 56.7 Å². The zero-order valence-corrected chi connectivity index (χ0v) is 40.8. The van der Waals surface area contributed by atoms with Crippen LogP contribution >= 0.6 is 12.1 Å². The molecule has 362 valence electrons. The van der Waals surface area contributed by atoms with Gasteiger partial charge in [0, 0.05) is 74.4 Å². The van der Waals surface area contributed by atoms with Gasteiger partial charge in [0.2, 0.25) is 0 Å². The van der Waals surface area contributed by atoms with Crippen LogP contribution in [0.1, 0.15) is 87.5 Å². The normalized spacial score (nSPS) is 35.8. The number of alkyl halides is 1. The van der Waals surface area contributed by atoms with Gasteiger partial charge in [-0.25, -0.2) is 14.0 Å². The number of nitrogens with zero attached hydrogens (tertiary/aromatic N) is 6. The molecule has 3 unspecified atom stereocenters. The number of aromatic nitrogens is 3. The van der Waals surface area contributed by atoms with Gasteiger partial charge in [-0.3, -0.25) is 14.4 Å². The number of Topliss-reactive ketones (excluding diaryl/α,β-unsaturated/α-hetero) is 1. The first kappa shape index (κ1) is 53.2. The number of amides is 1. The van der Waals surface area contributed by atoms with Gasteiger partial charge >= 0.3 is 12.1 Å². The van der Waals surface area contributed by atoms with Gasteiger partial charge in [-0.05, 0) is 106 Å². The lowest BCUT2D eigenvalue weighted by Crippen LogP contribution is -2.61. The van der Waals surface area contributed by atoms with Crippen molar-refractivity contribution in [3.05, 3.63) is 30.5 Å². The van der Waals surface area contributed by atoms with E-state index in [1.54, 1.807) is 30.4 Å². The zero-order valence-electron chi connectivity index (χ0n) is 40.0. The number of aliphatic hydroxyl groups is 1. The van der Waals surface area contributed by atoms with E-state index in [1.165, 1.54) is 20.3 Å². The van der Waals surface area contributed by atoms with Crippen LogP contribution in [0.4, 0.5) is 18.8 Å². The van der Waals surface area contributed by atoms with E-state index in [1.807, 2.05) is 70.4 Å². The minimum Gasteiger partial charge on any atom is -0.455 e. The summed E-state index contributed by atoms with van der Waals surface area (Å²) in [5.41, 5.74) is 2.38. The molecule has 3 N–H and O–H groups in total. The quantitative estimate of drug-likeness (QED) is 0.117. The molecule has 0 bridgehead atoms. The number of hydrogen-bond donors (Lipinski definition) is 2. The highest BCUT2D eigenvalue weighted by atomic mass is 32.2. The van der Waals surface area contributed by atoms with Crippen LogP contribution in [0.3, 0.4) is 0 Å². The maximum atomic E-state index is 17.0. The molecule has 0 saturated carbocycles. The van der Waals surface area contributed by atoms with Gasteiger partial charge in [-0.15, -0.1) is 5.10 Å². The third kappa shape index (κ3) is 11.9. The maximum Gasteiger partial charge on any atom is 0.410 e. The van der Waals surface area contributed by atoms with Crippen molar-refractivity contribution in [2.75, 3.05) is 53.3 Å². The number of rotatable bonds is 11. The van der Waals surface area contributed by atoms with Crippen LogP contribution in [0.25, 0.3) is 11.3 Å². The highest BCUT2D eigenvalue weighted by Gasteiger charge is 2.61. The first-order valence-electron chi connectivity index (χ1n) is 22.2. The van der Waals surface area contributed by atoms with Crippen molar-refractivity contribution >= 4 is 35.7 Å². The molecule has 1 aromatic heterocycles. The topological polar surface area (TPSA) is 184 Å². The van der Waals surface area contributed by atoms with Crippen molar-refractivity contribution in [1.82, 2.24) is 29.7 Å². The fourth-order valence-corrected chi connectivity index (χ4v) is 9.82. The fourth-order valence-electron chi connectivity index (χ4n) is 9.82. The number of cyclic esters (lactones) is 1. The lowest BCUT2D eigenvalue weighted by Gasteiger charge is -2.47. The van der Waals surface area contributed by atoms with Gasteiger partial charge in [-0.2, -0.15) is 3.89 Å². The van der Waals surface area contributed by atoms with Crippen LogP contribution < -0.4 is 5.73 Å². The van der Waals surface area contributed by atoms with Gasteiger partial charge in [-0.1, -0.05) is 38.1 Å². The number of nitrogens with two attached hydrogens (primary N) is 1. The molecule has 2 aromatic rings. The summed E-state index contributed by atoms with van der Waals surface area (Å²) in [4.78, 5) is 48.0. The Hall–Kier alpha value is -3.46. The van der Waals surface area contributed by atoms with E-state index in [2.05, 4.69) is 22.1 Å². The minimum absolute atomic E-state index is 0.101. The second kappa shape index (κ2) is 22.4. The van der Waals surface area contributed by atoms with E-state index in [-0.39, 0.29) is 42.7 Å². The van der Waals surface area contributed by atoms with Gasteiger partial charge in [0.25, 0.3) is 5.67 Å². The summed E-state index contributed by atoms with van der Waals surface area (Å²) in [5.74, 6) is -3.84. The third-order valence-electron chi connectivity index (χ3n) is 13.3. The maximum absolute atomic E-state index is 17.0. The second-order valence-corrected chi connectivity index (χ2v) is 18.9. The number of anilines is 1. The summed E-state index contributed by atoms with van der Waals surface area (Å²) in [6.07, 6.45) is 0.151. The molecule has 0 radical (unpaired) electrons. The molecule has 3 saturated heterocycles. The average Bonchev–Trinajstić information content (AvgIpc) is 3.81. The Balaban J connectivity index is 0.00000291. The van der Waals surface area contributed by atoms with Gasteiger partial charge in [0.1, 0.15) is 17.9 Å². The van der Waals surface area contributed by atoms with Crippen molar-refractivity contribution in [2.24, 2.45) is 11.8 Å². The fraction of sp³-hybridized carbons (Fsp3) is 0.756. The number of hydrogen-bond acceptors (Lipinski definition) is 15. The minimum atomic E-state index is -3.13. The zero-order chi connectivity index (χ0) is 47.9. The molecule has 13 atom stereocenters. The molecule has 64 heavy (non-hydrogen) atoms. The molecule has 1 aromatic carbocycles. The first-order valence-corrected chi connectivity index (χ1v) is 23.4. The van der Waals surface area contributed by atoms with E-state index in [0.717, 1.165) is 12.5 Å². The van der Waals surface area contributed by atoms with Crippen molar-refractivity contribution in [2.45, 2.75) is 160 Å². The van der Waals surface area contributed by atoms with Crippen LogP contribution in [0.15, 0.2) is 30.5 Å². The predicted octanol–water partition coefficient (Wildman–Crippen LogP) is 5.95. The smallest absolute Gasteiger partial charge is 0.410 e. The molecule has 19 heteroatoms. The van der Waals surface area contributed by atoms with Gasteiger partial charge < -0.3 is 44.3 Å². The Morgan fingerprint density at radius 1 is 1.09 bits per heavy atom. The van der Waals surface area contributed by atoms with Crippen molar-refractivity contribution in [3.8, 4) is 11.3 Å². The summed E-state index contributed by atoms with van der Waals surface area (Å²) >= 11 is 0.250. The summed E-state index contributed by atoms with van der Waals surface area (Å²) in [6.45, 7) is 15.0. The number of carbonyl (C=O) groups is 3. The van der Waals surface area contributed by atoms with Crippen LogP contribution in [0.5, 0.6) is 0 Å². The molecule has 3 aliphatic rings. The number of unbranched alkanes of at least 4 members (excludes halogenated alkanes) is 1. The summed E-state index contributed by atoms with van der Waals surface area (Å²) < 4.78 is 60.1. The highest BCUT2D eigenvalue weighted by Crippen LogP contribution is 2.42.